The Balaban J connectivity index is 1.80. The van der Waals surface area contributed by atoms with Crippen molar-refractivity contribution in [1.29, 1.82) is 0 Å². The summed E-state index contributed by atoms with van der Waals surface area (Å²) >= 11 is 0. The average Bonchev–Trinajstić information content (AvgIpc) is 3.10. The molecule has 0 saturated heterocycles. The van der Waals surface area contributed by atoms with Crippen molar-refractivity contribution >= 4 is 0 Å². The van der Waals surface area contributed by atoms with Gasteiger partial charge in [-0.15, -0.1) is 10.2 Å². The van der Waals surface area contributed by atoms with Crippen molar-refractivity contribution in [3.05, 3.63) is 11.8 Å². The topological polar surface area (TPSA) is 60.2 Å². The molecule has 1 heterocycles. The molecule has 102 valence electrons. The maximum absolute atomic E-state index is 5.68. The van der Waals surface area contributed by atoms with E-state index in [1.807, 2.05) is 13.8 Å². The number of aromatic nitrogens is 2. The van der Waals surface area contributed by atoms with Gasteiger partial charge in [0.25, 0.3) is 0 Å². The van der Waals surface area contributed by atoms with Crippen molar-refractivity contribution in [2.75, 3.05) is 13.7 Å². The van der Waals surface area contributed by atoms with Crippen molar-refractivity contribution in [3.8, 4) is 0 Å². The van der Waals surface area contributed by atoms with Gasteiger partial charge in [-0.1, -0.05) is 6.92 Å². The molecule has 1 aliphatic carbocycles. The summed E-state index contributed by atoms with van der Waals surface area (Å²) in [4.78, 5) is 0. The summed E-state index contributed by atoms with van der Waals surface area (Å²) in [7, 11) is 1.67. The van der Waals surface area contributed by atoms with E-state index in [0.717, 1.165) is 31.8 Å². The van der Waals surface area contributed by atoms with Crippen molar-refractivity contribution in [2.45, 2.75) is 57.6 Å². The highest BCUT2D eigenvalue weighted by atomic mass is 16.5. The van der Waals surface area contributed by atoms with Gasteiger partial charge in [0.15, 0.2) is 0 Å². The summed E-state index contributed by atoms with van der Waals surface area (Å²) in [6.45, 7) is 5.05. The van der Waals surface area contributed by atoms with Gasteiger partial charge in [0.1, 0.15) is 5.60 Å². The first-order valence-electron chi connectivity index (χ1n) is 6.79. The van der Waals surface area contributed by atoms with Crippen LogP contribution in [0.25, 0.3) is 0 Å². The molecule has 1 N–H and O–H groups in total. The van der Waals surface area contributed by atoms with Crippen molar-refractivity contribution < 1.29 is 9.15 Å². The molecule has 1 aromatic heterocycles. The predicted octanol–water partition coefficient (Wildman–Crippen LogP) is 2.03. The third-order valence-corrected chi connectivity index (χ3v) is 3.62. The number of nitrogens with one attached hydrogen (secondary N) is 1. The largest absolute Gasteiger partial charge is 0.422 e. The summed E-state index contributed by atoms with van der Waals surface area (Å²) in [5.41, 5.74) is -0.461. The third kappa shape index (κ3) is 3.29. The number of aryl methyl sites for hydroxylation is 1. The van der Waals surface area contributed by atoms with Crippen LogP contribution in [0.4, 0.5) is 0 Å². The zero-order valence-corrected chi connectivity index (χ0v) is 11.5. The highest BCUT2D eigenvalue weighted by molar-refractivity contribution is 4.95. The summed E-state index contributed by atoms with van der Waals surface area (Å²) < 4.78 is 11.1. The van der Waals surface area contributed by atoms with E-state index in [1.165, 1.54) is 12.8 Å². The number of hydrogen-bond donors (Lipinski definition) is 1. The fraction of sp³-hybridized carbons (Fsp3) is 0.846. The van der Waals surface area contributed by atoms with Crippen LogP contribution in [-0.4, -0.2) is 29.9 Å². The third-order valence-electron chi connectivity index (χ3n) is 3.62. The molecule has 0 aromatic carbocycles. The molecule has 18 heavy (non-hydrogen) atoms. The Labute approximate surface area is 108 Å². The highest BCUT2D eigenvalue weighted by Gasteiger charge is 2.30. The summed E-state index contributed by atoms with van der Waals surface area (Å²) in [6.07, 6.45) is 5.33. The Morgan fingerprint density at radius 1 is 1.44 bits per heavy atom. The second-order valence-corrected chi connectivity index (χ2v) is 5.12. The fourth-order valence-corrected chi connectivity index (χ4v) is 1.78. The van der Waals surface area contributed by atoms with Crippen LogP contribution in [0.5, 0.6) is 0 Å². The minimum atomic E-state index is -0.461. The van der Waals surface area contributed by atoms with Gasteiger partial charge in [0.2, 0.25) is 11.8 Å². The lowest BCUT2D eigenvalue weighted by Crippen LogP contribution is -2.23. The second-order valence-electron chi connectivity index (χ2n) is 5.12. The van der Waals surface area contributed by atoms with Gasteiger partial charge in [-0.05, 0) is 39.2 Å². The lowest BCUT2D eigenvalue weighted by atomic mass is 10.0. The molecule has 0 amide bonds. The molecule has 1 saturated carbocycles. The van der Waals surface area contributed by atoms with E-state index in [1.54, 1.807) is 7.11 Å². The zero-order chi connectivity index (χ0) is 13.0. The molecule has 1 aromatic rings. The Kier molecular flexibility index (Phi) is 4.35. The molecule has 2 rings (SSSR count). The Hall–Kier alpha value is -0.940. The Morgan fingerprint density at radius 2 is 2.22 bits per heavy atom. The number of hydrogen-bond acceptors (Lipinski definition) is 5. The number of methoxy groups -OCH3 is 1. The molecule has 0 aliphatic heterocycles. The molecule has 0 bridgehead atoms. The van der Waals surface area contributed by atoms with Gasteiger partial charge in [-0.25, -0.2) is 0 Å². The minimum Gasteiger partial charge on any atom is -0.422 e. The monoisotopic (exact) mass is 253 g/mol. The van der Waals surface area contributed by atoms with Crippen molar-refractivity contribution in [1.82, 2.24) is 15.5 Å². The van der Waals surface area contributed by atoms with E-state index >= 15 is 0 Å². The number of ether oxygens (including phenoxy) is 1. The molecule has 1 atom stereocenters. The van der Waals surface area contributed by atoms with Gasteiger partial charge in [-0.3, -0.25) is 0 Å². The first-order valence-corrected chi connectivity index (χ1v) is 6.79. The molecular formula is C13H23N3O2. The maximum Gasteiger partial charge on any atom is 0.247 e. The van der Waals surface area contributed by atoms with Crippen LogP contribution in [0.2, 0.25) is 0 Å². The van der Waals surface area contributed by atoms with E-state index in [0.29, 0.717) is 11.8 Å². The van der Waals surface area contributed by atoms with Gasteiger partial charge < -0.3 is 14.5 Å². The van der Waals surface area contributed by atoms with E-state index in [2.05, 4.69) is 15.5 Å². The highest BCUT2D eigenvalue weighted by Crippen LogP contribution is 2.26. The normalized spacial score (nSPS) is 18.8. The fourth-order valence-electron chi connectivity index (χ4n) is 1.78. The molecular weight excluding hydrogens is 230 g/mol. The first kappa shape index (κ1) is 13.5. The van der Waals surface area contributed by atoms with Gasteiger partial charge in [-0.2, -0.15) is 0 Å². The average molecular weight is 253 g/mol. The summed E-state index contributed by atoms with van der Waals surface area (Å²) in [6, 6.07) is 0.764. The van der Waals surface area contributed by atoms with Crippen molar-refractivity contribution in [3.63, 3.8) is 0 Å². The smallest absolute Gasteiger partial charge is 0.247 e. The summed E-state index contributed by atoms with van der Waals surface area (Å²) in [5, 5.41) is 11.7. The quantitative estimate of drug-likeness (QED) is 0.718. The minimum absolute atomic E-state index is 0.461. The van der Waals surface area contributed by atoms with Crippen LogP contribution in [0, 0.1) is 0 Å². The number of nitrogens with zero attached hydrogens (tertiary/aromatic N) is 2. The van der Waals surface area contributed by atoms with Gasteiger partial charge in [0.05, 0.1) is 0 Å². The van der Waals surface area contributed by atoms with Crippen LogP contribution in [-0.2, 0) is 16.8 Å². The van der Waals surface area contributed by atoms with Gasteiger partial charge in [0, 0.05) is 19.6 Å². The standard InChI is InChI=1S/C13H23N3O2/c1-4-13(2,17-3)12-16-15-11(18-12)6-5-9-14-10-7-8-10/h10,14H,4-9H2,1-3H3. The van der Waals surface area contributed by atoms with Gasteiger partial charge >= 0.3 is 0 Å². The van der Waals surface area contributed by atoms with E-state index in [-0.39, 0.29) is 0 Å². The van der Waals surface area contributed by atoms with Crippen LogP contribution in [0.1, 0.15) is 51.3 Å². The molecule has 5 nitrogen and oxygen atoms in total. The second kappa shape index (κ2) is 5.80. The van der Waals surface area contributed by atoms with Crippen LogP contribution in [0.3, 0.4) is 0 Å². The molecule has 0 radical (unpaired) electrons. The molecule has 1 unspecified atom stereocenters. The van der Waals surface area contributed by atoms with E-state index in [4.69, 9.17) is 9.15 Å². The van der Waals surface area contributed by atoms with Crippen LogP contribution >= 0.6 is 0 Å². The zero-order valence-electron chi connectivity index (χ0n) is 11.5. The Bertz CT molecular complexity index is 370. The molecule has 1 fully saturated rings. The lowest BCUT2D eigenvalue weighted by Gasteiger charge is -2.21. The molecule has 5 heteroatoms. The lowest BCUT2D eigenvalue weighted by molar-refractivity contribution is -0.0242. The molecule has 0 spiro atoms. The van der Waals surface area contributed by atoms with Crippen LogP contribution in [0.15, 0.2) is 4.42 Å². The van der Waals surface area contributed by atoms with E-state index in [9.17, 15) is 0 Å². The molecule has 1 aliphatic rings. The van der Waals surface area contributed by atoms with Crippen LogP contribution < -0.4 is 5.32 Å². The SMILES string of the molecule is CCC(C)(OC)c1nnc(CCCNC2CC2)o1. The number of rotatable bonds is 8. The van der Waals surface area contributed by atoms with E-state index < -0.39 is 5.60 Å². The van der Waals surface area contributed by atoms with Crippen molar-refractivity contribution in [2.24, 2.45) is 0 Å². The first-order chi connectivity index (χ1) is 8.68. The predicted molar refractivity (Wildman–Crippen MR) is 68.3 cm³/mol. The summed E-state index contributed by atoms with van der Waals surface area (Å²) in [5.74, 6) is 1.29. The Morgan fingerprint density at radius 3 is 2.83 bits per heavy atom. The maximum atomic E-state index is 5.68.